The second-order valence-corrected chi connectivity index (χ2v) is 4.71. The molecule has 0 N–H and O–H groups in total. The van der Waals surface area contributed by atoms with E-state index in [1.165, 1.54) is 14.0 Å². The molecule has 6 nitrogen and oxygen atoms in total. The molecule has 0 aromatic rings. The van der Waals surface area contributed by atoms with E-state index >= 15 is 0 Å². The van der Waals surface area contributed by atoms with E-state index in [4.69, 9.17) is 0 Å². The first kappa shape index (κ1) is 17.5. The highest BCUT2D eigenvalue weighted by atomic mass is 16.6. The van der Waals surface area contributed by atoms with Crippen molar-refractivity contribution in [2.45, 2.75) is 64.3 Å². The van der Waals surface area contributed by atoms with Crippen LogP contribution >= 0.6 is 0 Å². The van der Waals surface area contributed by atoms with Crippen LogP contribution in [0.25, 0.3) is 0 Å². The first-order valence-electron chi connectivity index (χ1n) is 6.67. The predicted octanol–water partition coefficient (Wildman–Crippen LogP) is 2.51. The monoisotopic (exact) mass is 273 g/mol. The number of rotatable bonds is 11. The zero-order chi connectivity index (χ0) is 14.7. The van der Waals surface area contributed by atoms with Crippen molar-refractivity contribution in [3.05, 3.63) is 10.1 Å². The van der Waals surface area contributed by atoms with Gasteiger partial charge in [-0.2, -0.15) is 0 Å². The van der Waals surface area contributed by atoms with E-state index in [2.05, 4.69) is 4.74 Å². The quantitative estimate of drug-likeness (QED) is 0.250. The summed E-state index contributed by atoms with van der Waals surface area (Å²) in [5, 5.41) is 10.8. The van der Waals surface area contributed by atoms with Crippen LogP contribution in [0, 0.1) is 10.1 Å². The molecule has 0 heterocycles. The predicted molar refractivity (Wildman–Crippen MR) is 70.4 cm³/mol. The number of nitro groups is 1. The molecular weight excluding hydrogens is 250 g/mol. The third-order valence-corrected chi connectivity index (χ3v) is 3.02. The van der Waals surface area contributed by atoms with Gasteiger partial charge < -0.3 is 9.53 Å². The lowest BCUT2D eigenvalue weighted by atomic mass is 10.0. The van der Waals surface area contributed by atoms with Crippen molar-refractivity contribution in [2.75, 3.05) is 7.11 Å². The van der Waals surface area contributed by atoms with Crippen LogP contribution in [0.5, 0.6) is 0 Å². The maximum atomic E-state index is 10.8. The number of ketones is 1. The van der Waals surface area contributed by atoms with E-state index < -0.39 is 6.04 Å². The second kappa shape index (κ2) is 10.5. The maximum Gasteiger partial charge on any atom is 0.305 e. The van der Waals surface area contributed by atoms with Crippen molar-refractivity contribution in [3.8, 4) is 0 Å². The van der Waals surface area contributed by atoms with Gasteiger partial charge in [0, 0.05) is 30.6 Å². The fourth-order valence-electron chi connectivity index (χ4n) is 1.83. The Kier molecular flexibility index (Phi) is 9.66. The summed E-state index contributed by atoms with van der Waals surface area (Å²) in [5.74, 6) is -0.227. The first-order valence-corrected chi connectivity index (χ1v) is 6.67. The topological polar surface area (TPSA) is 86.5 Å². The van der Waals surface area contributed by atoms with Gasteiger partial charge >= 0.3 is 5.97 Å². The Hall–Kier alpha value is -1.46. The molecule has 1 unspecified atom stereocenters. The fraction of sp³-hybridized carbons (Fsp3) is 0.846. The number of ether oxygens (including phenoxy) is 1. The lowest BCUT2D eigenvalue weighted by molar-refractivity contribution is -0.524. The highest BCUT2D eigenvalue weighted by Gasteiger charge is 2.19. The Labute approximate surface area is 113 Å². The normalized spacial score (nSPS) is 11.9. The van der Waals surface area contributed by atoms with Crippen LogP contribution in [-0.4, -0.2) is 29.8 Å². The average molecular weight is 273 g/mol. The van der Waals surface area contributed by atoms with Crippen LogP contribution < -0.4 is 0 Å². The highest BCUT2D eigenvalue weighted by molar-refractivity contribution is 5.75. The molecule has 0 amide bonds. The van der Waals surface area contributed by atoms with Gasteiger partial charge in [0.2, 0.25) is 6.04 Å². The van der Waals surface area contributed by atoms with E-state index in [1.54, 1.807) is 0 Å². The van der Waals surface area contributed by atoms with Crippen molar-refractivity contribution in [1.82, 2.24) is 0 Å². The van der Waals surface area contributed by atoms with Crippen molar-refractivity contribution >= 4 is 11.8 Å². The number of esters is 1. The van der Waals surface area contributed by atoms with E-state index in [1.807, 2.05) is 0 Å². The lowest BCUT2D eigenvalue weighted by Crippen LogP contribution is -2.20. The van der Waals surface area contributed by atoms with Gasteiger partial charge in [-0.15, -0.1) is 0 Å². The van der Waals surface area contributed by atoms with Gasteiger partial charge in [0.25, 0.3) is 0 Å². The molecule has 19 heavy (non-hydrogen) atoms. The summed E-state index contributed by atoms with van der Waals surface area (Å²) < 4.78 is 4.52. The third-order valence-electron chi connectivity index (χ3n) is 3.02. The SMILES string of the molecule is COC(=O)CCCCCCC(CCC(C)=O)[N+](=O)[O-]. The minimum absolute atomic E-state index is 0.00933. The first-order chi connectivity index (χ1) is 8.97. The molecule has 1 atom stereocenters. The summed E-state index contributed by atoms with van der Waals surface area (Å²) in [4.78, 5) is 32.2. The van der Waals surface area contributed by atoms with E-state index in [0.717, 1.165) is 25.7 Å². The van der Waals surface area contributed by atoms with Crippen molar-refractivity contribution in [1.29, 1.82) is 0 Å². The number of methoxy groups -OCH3 is 1. The summed E-state index contributed by atoms with van der Waals surface area (Å²) >= 11 is 0. The number of hydrogen-bond donors (Lipinski definition) is 0. The van der Waals surface area contributed by atoms with E-state index in [0.29, 0.717) is 19.3 Å². The molecule has 0 bridgehead atoms. The minimum Gasteiger partial charge on any atom is -0.469 e. The summed E-state index contributed by atoms with van der Waals surface area (Å²) in [6.07, 6.45) is 4.73. The summed E-state index contributed by atoms with van der Waals surface area (Å²) in [5.41, 5.74) is 0. The largest absolute Gasteiger partial charge is 0.469 e. The van der Waals surface area contributed by atoms with Crippen molar-refractivity contribution in [3.63, 3.8) is 0 Å². The Morgan fingerprint density at radius 2 is 1.74 bits per heavy atom. The molecule has 0 aliphatic rings. The average Bonchev–Trinajstić information content (AvgIpc) is 2.35. The summed E-state index contributed by atoms with van der Waals surface area (Å²) in [6.45, 7) is 1.45. The Bertz CT molecular complexity index is 303. The summed E-state index contributed by atoms with van der Waals surface area (Å²) in [6, 6.07) is -0.621. The third kappa shape index (κ3) is 10.2. The molecular formula is C13H23NO5. The van der Waals surface area contributed by atoms with Gasteiger partial charge in [0.1, 0.15) is 5.78 Å². The number of carbonyl (C=O) groups excluding carboxylic acids is 2. The molecule has 0 saturated carbocycles. The molecule has 0 rings (SSSR count). The van der Waals surface area contributed by atoms with Crippen LogP contribution in [0.15, 0.2) is 0 Å². The van der Waals surface area contributed by atoms with Crippen molar-refractivity contribution in [2.24, 2.45) is 0 Å². The molecule has 0 aromatic heterocycles. The highest BCUT2D eigenvalue weighted by Crippen LogP contribution is 2.13. The standard InChI is InChI=1S/C13H23NO5/c1-11(15)9-10-12(14(17)18)7-5-3-4-6-8-13(16)19-2/h12H,3-10H2,1-2H3. The lowest BCUT2D eigenvalue weighted by Gasteiger charge is -2.08. The Morgan fingerprint density at radius 3 is 2.26 bits per heavy atom. The molecule has 0 radical (unpaired) electrons. The smallest absolute Gasteiger partial charge is 0.305 e. The number of Topliss-reactive ketones (excluding diaryl/α,β-unsaturated/α-hetero) is 1. The number of carbonyl (C=O) groups is 2. The van der Waals surface area contributed by atoms with Gasteiger partial charge in [-0.1, -0.05) is 12.8 Å². The van der Waals surface area contributed by atoms with Crippen LogP contribution in [-0.2, 0) is 14.3 Å². The Morgan fingerprint density at radius 1 is 1.11 bits per heavy atom. The number of unbranched alkanes of at least 4 members (excludes halogenated alkanes) is 3. The van der Waals surface area contributed by atoms with Gasteiger partial charge in [0.15, 0.2) is 0 Å². The van der Waals surface area contributed by atoms with E-state index in [-0.39, 0.29) is 23.1 Å². The van der Waals surface area contributed by atoms with Gasteiger partial charge in [-0.05, 0) is 19.8 Å². The number of nitrogens with zero attached hydrogens (tertiary/aromatic N) is 1. The maximum absolute atomic E-state index is 10.8. The molecule has 0 saturated heterocycles. The van der Waals surface area contributed by atoms with Crippen LogP contribution in [0.1, 0.15) is 58.3 Å². The van der Waals surface area contributed by atoms with Crippen molar-refractivity contribution < 1.29 is 19.2 Å². The fourth-order valence-corrected chi connectivity index (χ4v) is 1.83. The zero-order valence-corrected chi connectivity index (χ0v) is 11.7. The Balaban J connectivity index is 3.67. The van der Waals surface area contributed by atoms with Gasteiger partial charge in [-0.25, -0.2) is 0 Å². The molecule has 0 aliphatic heterocycles. The van der Waals surface area contributed by atoms with Gasteiger partial charge in [0.05, 0.1) is 7.11 Å². The molecule has 6 heteroatoms. The zero-order valence-electron chi connectivity index (χ0n) is 11.7. The molecule has 110 valence electrons. The molecule has 0 aliphatic carbocycles. The van der Waals surface area contributed by atoms with Crippen LogP contribution in [0.3, 0.4) is 0 Å². The van der Waals surface area contributed by atoms with E-state index in [9.17, 15) is 19.7 Å². The minimum atomic E-state index is -0.621. The molecule has 0 aromatic carbocycles. The van der Waals surface area contributed by atoms with Gasteiger partial charge in [-0.3, -0.25) is 14.9 Å². The number of hydrogen-bond acceptors (Lipinski definition) is 5. The summed E-state index contributed by atoms with van der Waals surface area (Å²) in [7, 11) is 1.36. The second-order valence-electron chi connectivity index (χ2n) is 4.71. The van der Waals surface area contributed by atoms with Crippen LogP contribution in [0.2, 0.25) is 0 Å². The molecule has 0 spiro atoms. The van der Waals surface area contributed by atoms with Crippen LogP contribution in [0.4, 0.5) is 0 Å². The molecule has 0 fully saturated rings.